The molecule has 1 atom stereocenters. The van der Waals surface area contributed by atoms with Gasteiger partial charge in [0.05, 0.1) is 10.6 Å². The van der Waals surface area contributed by atoms with Gasteiger partial charge >= 0.3 is 0 Å². The summed E-state index contributed by atoms with van der Waals surface area (Å²) in [6.07, 6.45) is 0. The average Bonchev–Trinajstić information content (AvgIpc) is 2.46. The Morgan fingerprint density at radius 2 is 1.75 bits per heavy atom. The van der Waals surface area contributed by atoms with Crippen molar-refractivity contribution < 1.29 is 8.42 Å². The van der Waals surface area contributed by atoms with Crippen LogP contribution in [-0.4, -0.2) is 20.7 Å². The summed E-state index contributed by atoms with van der Waals surface area (Å²) in [6.45, 7) is 0.282. The number of benzene rings is 2. The molecule has 2 N–H and O–H groups in total. The lowest BCUT2D eigenvalue weighted by Crippen LogP contribution is -2.22. The summed E-state index contributed by atoms with van der Waals surface area (Å²) in [4.78, 5) is 0.236. The second-order valence-corrected chi connectivity index (χ2v) is 7.05. The Balaban J connectivity index is 2.27. The second-order valence-electron chi connectivity index (χ2n) is 4.58. The molecule has 0 heterocycles. The number of halogens is 1. The standard InChI is InChI=1S/C15H16ClNO2S/c16-14-7-4-8-15(9-14)20(18,19)11-13(10-17)12-5-2-1-3-6-12/h1-9,13H,10-11,17H2. The molecular weight excluding hydrogens is 294 g/mol. The fourth-order valence-electron chi connectivity index (χ4n) is 2.05. The fraction of sp³-hybridized carbons (Fsp3) is 0.200. The minimum atomic E-state index is -3.41. The molecule has 2 rings (SSSR count). The van der Waals surface area contributed by atoms with E-state index in [-0.39, 0.29) is 23.1 Å². The van der Waals surface area contributed by atoms with Gasteiger partial charge in [-0.2, -0.15) is 0 Å². The fourth-order valence-corrected chi connectivity index (χ4v) is 3.95. The van der Waals surface area contributed by atoms with Crippen LogP contribution in [0.2, 0.25) is 5.02 Å². The number of hydrogen-bond acceptors (Lipinski definition) is 3. The van der Waals surface area contributed by atoms with Gasteiger partial charge in [0.25, 0.3) is 0 Å². The zero-order valence-corrected chi connectivity index (χ0v) is 12.4. The lowest BCUT2D eigenvalue weighted by Gasteiger charge is -2.15. The molecule has 0 aliphatic carbocycles. The van der Waals surface area contributed by atoms with Crippen LogP contribution >= 0.6 is 11.6 Å². The summed E-state index contributed by atoms with van der Waals surface area (Å²) in [5.74, 6) is -0.242. The average molecular weight is 310 g/mol. The van der Waals surface area contributed by atoms with Crippen LogP contribution in [0.1, 0.15) is 11.5 Å². The van der Waals surface area contributed by atoms with E-state index in [1.54, 1.807) is 18.2 Å². The third-order valence-corrected chi connectivity index (χ3v) is 5.18. The van der Waals surface area contributed by atoms with Gasteiger partial charge in [0, 0.05) is 17.5 Å². The molecule has 0 aliphatic rings. The van der Waals surface area contributed by atoms with Gasteiger partial charge in [0.15, 0.2) is 9.84 Å². The quantitative estimate of drug-likeness (QED) is 0.924. The van der Waals surface area contributed by atoms with Crippen LogP contribution in [0.4, 0.5) is 0 Å². The first kappa shape index (κ1) is 15.0. The van der Waals surface area contributed by atoms with Gasteiger partial charge in [-0.25, -0.2) is 8.42 Å². The summed E-state index contributed by atoms with van der Waals surface area (Å²) in [5.41, 5.74) is 6.66. The molecule has 1 unspecified atom stereocenters. The Labute approximate surface area is 124 Å². The molecular formula is C15H16ClNO2S. The third kappa shape index (κ3) is 3.60. The summed E-state index contributed by atoms with van der Waals surface area (Å²) in [6, 6.07) is 15.7. The van der Waals surface area contributed by atoms with Crippen molar-refractivity contribution in [3.05, 3.63) is 65.2 Å². The van der Waals surface area contributed by atoms with Gasteiger partial charge in [-0.15, -0.1) is 0 Å². The van der Waals surface area contributed by atoms with Gasteiger partial charge in [-0.3, -0.25) is 0 Å². The van der Waals surface area contributed by atoms with Crippen molar-refractivity contribution >= 4 is 21.4 Å². The predicted molar refractivity (Wildman–Crippen MR) is 81.7 cm³/mol. The SMILES string of the molecule is NCC(CS(=O)(=O)c1cccc(Cl)c1)c1ccccc1. The Kier molecular flexibility index (Phi) is 4.81. The first-order valence-corrected chi connectivity index (χ1v) is 8.29. The van der Waals surface area contributed by atoms with Crippen molar-refractivity contribution in [2.45, 2.75) is 10.8 Å². The van der Waals surface area contributed by atoms with E-state index in [1.807, 2.05) is 30.3 Å². The van der Waals surface area contributed by atoms with Crippen molar-refractivity contribution in [2.24, 2.45) is 5.73 Å². The number of nitrogens with two attached hydrogens (primary N) is 1. The zero-order valence-electron chi connectivity index (χ0n) is 10.9. The van der Waals surface area contributed by atoms with E-state index in [1.165, 1.54) is 6.07 Å². The van der Waals surface area contributed by atoms with Crippen molar-refractivity contribution in [3.63, 3.8) is 0 Å². The molecule has 0 aliphatic heterocycles. The minimum Gasteiger partial charge on any atom is -0.330 e. The highest BCUT2D eigenvalue weighted by atomic mass is 35.5. The molecule has 0 amide bonds. The summed E-state index contributed by atoms with van der Waals surface area (Å²) >= 11 is 5.85. The highest BCUT2D eigenvalue weighted by Crippen LogP contribution is 2.23. The molecule has 3 nitrogen and oxygen atoms in total. The maximum absolute atomic E-state index is 12.4. The van der Waals surface area contributed by atoms with E-state index >= 15 is 0 Å². The van der Waals surface area contributed by atoms with Gasteiger partial charge in [0.1, 0.15) is 0 Å². The first-order valence-electron chi connectivity index (χ1n) is 6.26. The van der Waals surface area contributed by atoms with E-state index in [2.05, 4.69) is 0 Å². The Morgan fingerprint density at radius 3 is 2.35 bits per heavy atom. The Hall–Kier alpha value is -1.36. The molecule has 0 saturated carbocycles. The highest BCUT2D eigenvalue weighted by molar-refractivity contribution is 7.91. The monoisotopic (exact) mass is 309 g/mol. The summed E-state index contributed by atoms with van der Waals surface area (Å²) < 4.78 is 24.8. The van der Waals surface area contributed by atoms with Crippen molar-refractivity contribution in [1.82, 2.24) is 0 Å². The molecule has 0 radical (unpaired) electrons. The molecule has 0 aromatic heterocycles. The lowest BCUT2D eigenvalue weighted by atomic mass is 10.0. The van der Waals surface area contributed by atoms with Crippen molar-refractivity contribution in [1.29, 1.82) is 0 Å². The highest BCUT2D eigenvalue weighted by Gasteiger charge is 2.21. The lowest BCUT2D eigenvalue weighted by molar-refractivity contribution is 0.587. The van der Waals surface area contributed by atoms with Gasteiger partial charge < -0.3 is 5.73 Å². The molecule has 0 fully saturated rings. The Morgan fingerprint density at radius 1 is 1.05 bits per heavy atom. The summed E-state index contributed by atoms with van der Waals surface area (Å²) in [7, 11) is -3.41. The van der Waals surface area contributed by atoms with Gasteiger partial charge in [0.2, 0.25) is 0 Å². The normalized spacial score (nSPS) is 13.1. The second kappa shape index (κ2) is 6.39. The number of sulfone groups is 1. The van der Waals surface area contributed by atoms with Crippen LogP contribution < -0.4 is 5.73 Å². The van der Waals surface area contributed by atoms with Crippen LogP contribution in [0.15, 0.2) is 59.5 Å². The van der Waals surface area contributed by atoms with Gasteiger partial charge in [-0.1, -0.05) is 48.0 Å². The molecule has 0 spiro atoms. The molecule has 106 valence electrons. The Bertz CT molecular complexity index is 671. The predicted octanol–water partition coefficient (Wildman–Crippen LogP) is 2.86. The molecule has 2 aromatic carbocycles. The van der Waals surface area contributed by atoms with E-state index in [0.717, 1.165) is 5.56 Å². The van der Waals surface area contributed by atoms with Crippen molar-refractivity contribution in [2.75, 3.05) is 12.3 Å². The first-order chi connectivity index (χ1) is 9.53. The van der Waals surface area contributed by atoms with Gasteiger partial charge in [-0.05, 0) is 23.8 Å². The van der Waals surface area contributed by atoms with E-state index < -0.39 is 9.84 Å². The zero-order chi connectivity index (χ0) is 14.6. The molecule has 2 aromatic rings. The number of rotatable bonds is 5. The van der Waals surface area contributed by atoms with Crippen LogP contribution in [-0.2, 0) is 9.84 Å². The topological polar surface area (TPSA) is 60.2 Å². The largest absolute Gasteiger partial charge is 0.330 e. The minimum absolute atomic E-state index is 0.0200. The van der Waals surface area contributed by atoms with E-state index in [0.29, 0.717) is 5.02 Å². The van der Waals surface area contributed by atoms with Crippen LogP contribution in [0.25, 0.3) is 0 Å². The van der Waals surface area contributed by atoms with Crippen LogP contribution in [0.5, 0.6) is 0 Å². The summed E-state index contributed by atoms with van der Waals surface area (Å²) in [5, 5.41) is 0.412. The molecule has 5 heteroatoms. The van der Waals surface area contributed by atoms with E-state index in [9.17, 15) is 8.42 Å². The maximum atomic E-state index is 12.4. The third-order valence-electron chi connectivity index (χ3n) is 3.13. The van der Waals surface area contributed by atoms with Crippen LogP contribution in [0, 0.1) is 0 Å². The molecule has 0 bridgehead atoms. The molecule has 20 heavy (non-hydrogen) atoms. The smallest absolute Gasteiger partial charge is 0.179 e. The van der Waals surface area contributed by atoms with Crippen molar-refractivity contribution in [3.8, 4) is 0 Å². The molecule has 0 saturated heterocycles. The van der Waals surface area contributed by atoms with E-state index in [4.69, 9.17) is 17.3 Å². The maximum Gasteiger partial charge on any atom is 0.179 e. The van der Waals surface area contributed by atoms with Crippen LogP contribution in [0.3, 0.4) is 0 Å². The number of hydrogen-bond donors (Lipinski definition) is 1.